The average Bonchev–Trinajstić information content (AvgIpc) is 2.47. The smallest absolute Gasteiger partial charge is 0.0622 e. The van der Waals surface area contributed by atoms with Gasteiger partial charge in [-0.15, -0.1) is 0 Å². The largest absolute Gasteiger partial charge is 0.379 e. The number of hydrogen-bond donors (Lipinski definition) is 1. The minimum atomic E-state index is -0.0176. The minimum absolute atomic E-state index is 0.0176. The van der Waals surface area contributed by atoms with Gasteiger partial charge in [0.15, 0.2) is 0 Å². The summed E-state index contributed by atoms with van der Waals surface area (Å²) in [4.78, 5) is 0. The Bertz CT molecular complexity index is 383. The van der Waals surface area contributed by atoms with Crippen LogP contribution >= 0.6 is 0 Å². The lowest BCUT2D eigenvalue weighted by atomic mass is 9.90. The second-order valence-electron chi connectivity index (χ2n) is 6.76. The normalized spacial score (nSPS) is 13.4. The van der Waals surface area contributed by atoms with E-state index in [0.717, 1.165) is 25.9 Å². The predicted molar refractivity (Wildman–Crippen MR) is 91.9 cm³/mol. The van der Waals surface area contributed by atoms with Gasteiger partial charge >= 0.3 is 0 Å². The topological polar surface area (TPSA) is 21.3 Å². The molecule has 0 heterocycles. The molecule has 1 rings (SSSR count). The van der Waals surface area contributed by atoms with Gasteiger partial charge in [0.05, 0.1) is 5.60 Å². The minimum Gasteiger partial charge on any atom is -0.379 e. The molecule has 0 amide bonds. The molecule has 0 aliphatic carbocycles. The van der Waals surface area contributed by atoms with E-state index in [9.17, 15) is 0 Å². The summed E-state index contributed by atoms with van der Waals surface area (Å²) in [6.07, 6.45) is 4.65. The number of nitrogens with one attached hydrogen (secondary N) is 1. The van der Waals surface area contributed by atoms with Crippen molar-refractivity contribution in [2.45, 2.75) is 59.0 Å². The molecule has 1 aromatic carbocycles. The van der Waals surface area contributed by atoms with Crippen molar-refractivity contribution < 1.29 is 4.74 Å². The van der Waals surface area contributed by atoms with Crippen LogP contribution in [0.4, 0.5) is 0 Å². The van der Waals surface area contributed by atoms with E-state index in [4.69, 9.17) is 4.74 Å². The van der Waals surface area contributed by atoms with Crippen molar-refractivity contribution in [3.05, 3.63) is 35.4 Å². The molecule has 0 fully saturated rings. The second-order valence-corrected chi connectivity index (χ2v) is 6.76. The van der Waals surface area contributed by atoms with Gasteiger partial charge in [-0.2, -0.15) is 0 Å². The molecule has 1 unspecified atom stereocenters. The molecule has 1 aromatic rings. The van der Waals surface area contributed by atoms with Crippen LogP contribution in [-0.4, -0.2) is 25.8 Å². The Morgan fingerprint density at radius 3 is 2.43 bits per heavy atom. The van der Waals surface area contributed by atoms with E-state index in [1.807, 2.05) is 7.11 Å². The molecule has 0 bridgehead atoms. The van der Waals surface area contributed by atoms with E-state index in [0.29, 0.717) is 5.92 Å². The maximum atomic E-state index is 5.56. The fraction of sp³-hybridized carbons (Fsp3) is 0.684. The fourth-order valence-electron chi connectivity index (χ4n) is 2.47. The lowest BCUT2D eigenvalue weighted by Gasteiger charge is -2.26. The summed E-state index contributed by atoms with van der Waals surface area (Å²) in [5.74, 6) is 0.675. The summed E-state index contributed by atoms with van der Waals surface area (Å²) in [6.45, 7) is 10.9. The van der Waals surface area contributed by atoms with Crippen LogP contribution in [0, 0.1) is 12.8 Å². The number of methoxy groups -OCH3 is 1. The van der Waals surface area contributed by atoms with Crippen molar-refractivity contribution in [2.75, 3.05) is 20.2 Å². The molecule has 21 heavy (non-hydrogen) atoms. The molecule has 0 aliphatic rings. The van der Waals surface area contributed by atoms with Gasteiger partial charge in [-0.05, 0) is 71.0 Å². The Labute approximate surface area is 131 Å². The molecule has 0 saturated heterocycles. The molecule has 0 aliphatic heterocycles. The summed E-state index contributed by atoms with van der Waals surface area (Å²) in [5, 5.41) is 3.58. The van der Waals surface area contributed by atoms with Crippen LogP contribution in [0.2, 0.25) is 0 Å². The van der Waals surface area contributed by atoms with Crippen LogP contribution in [0.3, 0.4) is 0 Å². The van der Waals surface area contributed by atoms with E-state index < -0.39 is 0 Å². The van der Waals surface area contributed by atoms with Crippen molar-refractivity contribution in [1.82, 2.24) is 5.32 Å². The summed E-state index contributed by atoms with van der Waals surface area (Å²) in [5.41, 5.74) is 2.76. The average molecular weight is 291 g/mol. The van der Waals surface area contributed by atoms with Gasteiger partial charge in [0.2, 0.25) is 0 Å². The molecule has 0 aromatic heterocycles. The maximum absolute atomic E-state index is 5.56. The van der Waals surface area contributed by atoms with Crippen LogP contribution in [0.15, 0.2) is 24.3 Å². The Morgan fingerprint density at radius 1 is 1.19 bits per heavy atom. The highest BCUT2D eigenvalue weighted by Gasteiger charge is 2.19. The van der Waals surface area contributed by atoms with Crippen molar-refractivity contribution in [2.24, 2.45) is 5.92 Å². The molecule has 2 heteroatoms. The molecule has 1 N–H and O–H groups in total. The highest BCUT2D eigenvalue weighted by Crippen LogP contribution is 2.22. The highest BCUT2D eigenvalue weighted by molar-refractivity contribution is 5.21. The molecule has 1 atom stereocenters. The summed E-state index contributed by atoms with van der Waals surface area (Å²) < 4.78 is 5.56. The van der Waals surface area contributed by atoms with Gasteiger partial charge in [-0.25, -0.2) is 0 Å². The van der Waals surface area contributed by atoms with Gasteiger partial charge in [-0.3, -0.25) is 0 Å². The predicted octanol–water partition coefficient (Wildman–Crippen LogP) is 4.36. The van der Waals surface area contributed by atoms with Crippen LogP contribution in [0.25, 0.3) is 0 Å². The van der Waals surface area contributed by atoms with Crippen LogP contribution in [-0.2, 0) is 11.2 Å². The summed E-state index contributed by atoms with van der Waals surface area (Å²) >= 11 is 0. The quantitative estimate of drug-likeness (QED) is 0.647. The van der Waals surface area contributed by atoms with Crippen molar-refractivity contribution in [3.8, 4) is 0 Å². The SMILES string of the molecule is CCCNCC(CCC(C)(C)OC)Cc1ccc(C)cc1. The molecular formula is C19H33NO. The summed E-state index contributed by atoms with van der Waals surface area (Å²) in [6, 6.07) is 8.96. The highest BCUT2D eigenvalue weighted by atomic mass is 16.5. The van der Waals surface area contributed by atoms with E-state index in [1.54, 1.807) is 0 Å². The lowest BCUT2D eigenvalue weighted by Crippen LogP contribution is -2.29. The Morgan fingerprint density at radius 2 is 1.86 bits per heavy atom. The molecule has 0 radical (unpaired) electrons. The van der Waals surface area contributed by atoms with Crippen molar-refractivity contribution >= 4 is 0 Å². The molecule has 0 spiro atoms. The van der Waals surface area contributed by atoms with Crippen LogP contribution in [0.1, 0.15) is 51.2 Å². The lowest BCUT2D eigenvalue weighted by molar-refractivity contribution is 0.0104. The molecule has 2 nitrogen and oxygen atoms in total. The van der Waals surface area contributed by atoms with Crippen molar-refractivity contribution in [1.29, 1.82) is 0 Å². The van der Waals surface area contributed by atoms with Gasteiger partial charge < -0.3 is 10.1 Å². The molecule has 120 valence electrons. The standard InChI is InChI=1S/C19H33NO/c1-6-13-20-15-18(11-12-19(3,4)21-5)14-17-9-7-16(2)8-10-17/h7-10,18,20H,6,11-15H2,1-5H3. The summed E-state index contributed by atoms with van der Waals surface area (Å²) in [7, 11) is 1.81. The maximum Gasteiger partial charge on any atom is 0.0622 e. The van der Waals surface area contributed by atoms with Gasteiger partial charge in [0.25, 0.3) is 0 Å². The fourth-order valence-corrected chi connectivity index (χ4v) is 2.47. The van der Waals surface area contributed by atoms with Gasteiger partial charge in [0, 0.05) is 7.11 Å². The van der Waals surface area contributed by atoms with Crippen LogP contribution in [0.5, 0.6) is 0 Å². The first-order chi connectivity index (χ1) is 9.96. The number of ether oxygens (including phenoxy) is 1. The Hall–Kier alpha value is -0.860. The zero-order valence-electron chi connectivity index (χ0n) is 14.5. The zero-order chi connectivity index (χ0) is 15.7. The van der Waals surface area contributed by atoms with Gasteiger partial charge in [0.1, 0.15) is 0 Å². The number of aryl methyl sites for hydroxylation is 1. The number of rotatable bonds is 10. The zero-order valence-corrected chi connectivity index (χ0v) is 14.5. The molecular weight excluding hydrogens is 258 g/mol. The first-order valence-electron chi connectivity index (χ1n) is 8.28. The van der Waals surface area contributed by atoms with Crippen LogP contribution < -0.4 is 5.32 Å². The monoisotopic (exact) mass is 291 g/mol. The third-order valence-corrected chi connectivity index (χ3v) is 4.21. The van der Waals surface area contributed by atoms with Crippen molar-refractivity contribution in [3.63, 3.8) is 0 Å². The third kappa shape index (κ3) is 7.63. The van der Waals surface area contributed by atoms with E-state index >= 15 is 0 Å². The van der Waals surface area contributed by atoms with E-state index in [1.165, 1.54) is 24.0 Å². The van der Waals surface area contributed by atoms with E-state index in [-0.39, 0.29) is 5.60 Å². The first kappa shape index (κ1) is 18.2. The Balaban J connectivity index is 2.56. The number of benzene rings is 1. The number of hydrogen-bond acceptors (Lipinski definition) is 2. The second kappa shape index (κ2) is 9.22. The first-order valence-corrected chi connectivity index (χ1v) is 8.28. The molecule has 0 saturated carbocycles. The Kier molecular flexibility index (Phi) is 7.98. The van der Waals surface area contributed by atoms with E-state index in [2.05, 4.69) is 57.3 Å². The third-order valence-electron chi connectivity index (χ3n) is 4.21. The van der Waals surface area contributed by atoms with Gasteiger partial charge in [-0.1, -0.05) is 36.8 Å².